The minimum Gasteiger partial charge on any atom is -0.310 e. The van der Waals surface area contributed by atoms with Gasteiger partial charge in [-0.25, -0.2) is 0 Å². The Labute approximate surface area is 375 Å². The van der Waals surface area contributed by atoms with E-state index in [1.807, 2.05) is 18.5 Å². The Balaban J connectivity index is 1.02. The molecule has 15 rings (SSSR count). The highest BCUT2D eigenvalue weighted by atomic mass is 15.2. The summed E-state index contributed by atoms with van der Waals surface area (Å²) >= 11 is 0. The van der Waals surface area contributed by atoms with E-state index >= 15 is 0 Å². The highest BCUT2D eigenvalue weighted by Crippen LogP contribution is 2.68. The maximum Gasteiger partial charge on any atom is 0.0748 e. The lowest BCUT2D eigenvalue weighted by molar-refractivity contribution is 0.607. The molecule has 0 unspecified atom stereocenters. The van der Waals surface area contributed by atoms with Gasteiger partial charge in [0.2, 0.25) is 0 Å². The number of para-hydroxylation sites is 6. The zero-order valence-electron chi connectivity index (χ0n) is 35.2. The van der Waals surface area contributed by atoms with Crippen molar-refractivity contribution >= 4 is 72.2 Å². The summed E-state index contributed by atoms with van der Waals surface area (Å²) in [5, 5.41) is 5.13. The van der Waals surface area contributed by atoms with Gasteiger partial charge in [0.05, 0.1) is 62.0 Å². The number of hydrogen-bond donors (Lipinski definition) is 0. The molecule has 0 atom stereocenters. The lowest BCUT2D eigenvalue weighted by Crippen LogP contribution is -2.49. The smallest absolute Gasteiger partial charge is 0.0748 e. The van der Waals surface area contributed by atoms with E-state index < -0.39 is 10.8 Å². The van der Waals surface area contributed by atoms with E-state index in [4.69, 9.17) is 0 Å². The molecule has 4 nitrogen and oxygen atoms in total. The fourth-order valence-electron chi connectivity index (χ4n) is 12.8. The van der Waals surface area contributed by atoms with Gasteiger partial charge in [-0.3, -0.25) is 4.98 Å². The van der Waals surface area contributed by atoms with Crippen molar-refractivity contribution in [3.05, 3.63) is 275 Å². The first kappa shape index (κ1) is 35.0. The molecule has 65 heavy (non-hydrogen) atoms. The summed E-state index contributed by atoms with van der Waals surface area (Å²) in [6, 6.07) is 82.0. The van der Waals surface area contributed by atoms with Gasteiger partial charge in [0, 0.05) is 33.4 Å². The highest BCUT2D eigenvalue weighted by Gasteiger charge is 2.58. The molecule has 3 aliphatic rings. The molecule has 9 aromatic carbocycles. The van der Waals surface area contributed by atoms with Crippen LogP contribution in [0.1, 0.15) is 44.5 Å². The van der Waals surface area contributed by atoms with E-state index in [-0.39, 0.29) is 0 Å². The first-order chi connectivity index (χ1) is 32.3. The largest absolute Gasteiger partial charge is 0.310 e. The van der Waals surface area contributed by atoms with E-state index in [9.17, 15) is 0 Å². The van der Waals surface area contributed by atoms with Gasteiger partial charge in [-0.15, -0.1) is 0 Å². The number of aromatic nitrogens is 2. The molecule has 302 valence electrons. The van der Waals surface area contributed by atoms with Crippen LogP contribution in [0.4, 0.5) is 34.1 Å². The average molecular weight is 827 g/mol. The van der Waals surface area contributed by atoms with E-state index in [2.05, 4.69) is 232 Å². The van der Waals surface area contributed by atoms with Crippen molar-refractivity contribution < 1.29 is 0 Å². The molecular formula is C61H38N4. The molecule has 0 N–H and O–H groups in total. The van der Waals surface area contributed by atoms with Crippen molar-refractivity contribution in [2.45, 2.75) is 10.8 Å². The summed E-state index contributed by atoms with van der Waals surface area (Å²) in [4.78, 5) is 9.53. The molecule has 3 aromatic heterocycles. The fourth-order valence-corrected chi connectivity index (χ4v) is 12.8. The zero-order chi connectivity index (χ0) is 42.4. The molecule has 0 saturated carbocycles. The van der Waals surface area contributed by atoms with Gasteiger partial charge in [-0.1, -0.05) is 158 Å². The van der Waals surface area contributed by atoms with Gasteiger partial charge < -0.3 is 14.2 Å². The average Bonchev–Trinajstić information content (AvgIpc) is 3.90. The predicted octanol–water partition coefficient (Wildman–Crippen LogP) is 14.9. The van der Waals surface area contributed by atoms with Gasteiger partial charge in [-0.2, -0.15) is 0 Å². The summed E-state index contributed by atoms with van der Waals surface area (Å²) in [5.41, 5.74) is 19.6. The summed E-state index contributed by atoms with van der Waals surface area (Å²) in [6.45, 7) is 0. The Bertz CT molecular complexity index is 3790. The number of fused-ring (bicyclic) bond motifs is 20. The predicted molar refractivity (Wildman–Crippen MR) is 266 cm³/mol. The van der Waals surface area contributed by atoms with Crippen molar-refractivity contribution in [3.63, 3.8) is 0 Å². The summed E-state index contributed by atoms with van der Waals surface area (Å²) in [6.07, 6.45) is 3.83. The number of hydrogen-bond acceptors (Lipinski definition) is 3. The standard InChI is InChI=1S/C61H38N4/c1-10-29-53-41(18-1)42-19-15-20-43-44-37-39(34-35-54(44)65(53)59(42)43)63-55-30-11-6-25-49(55)60(50-26-7-12-31-56(50)63)45-21-2-4-23-47(45)61(48-24-5-3-22-46(48)60)51-27-8-13-32-57(51)64(40-17-16-36-62-38-40)58-33-14-9-28-52(58)61/h1-38H. The van der Waals surface area contributed by atoms with Crippen LogP contribution in [0.5, 0.6) is 0 Å². The second kappa shape index (κ2) is 12.6. The van der Waals surface area contributed by atoms with Crippen molar-refractivity contribution in [2.24, 2.45) is 0 Å². The van der Waals surface area contributed by atoms with Crippen LogP contribution >= 0.6 is 0 Å². The van der Waals surface area contributed by atoms with Gasteiger partial charge in [0.15, 0.2) is 0 Å². The molecule has 0 radical (unpaired) electrons. The van der Waals surface area contributed by atoms with Crippen LogP contribution in [0.2, 0.25) is 0 Å². The SMILES string of the molecule is c1cncc(N2c3ccccc3C3(c4ccccc42)c2ccccc2C2(c4ccccc4N(c4ccc5c(c4)c4cccc6c7ccccc7n5c64)c4ccccc42)c2ccccc23)c1. The molecule has 0 fully saturated rings. The Hall–Kier alpha value is -8.47. The van der Waals surface area contributed by atoms with E-state index in [1.54, 1.807) is 0 Å². The second-order valence-corrected chi connectivity index (χ2v) is 17.8. The lowest BCUT2D eigenvalue weighted by atomic mass is 9.49. The number of pyridine rings is 1. The van der Waals surface area contributed by atoms with E-state index in [1.165, 1.54) is 94.0 Å². The number of benzene rings is 9. The Morgan fingerprint density at radius 1 is 0.308 bits per heavy atom. The third-order valence-corrected chi connectivity index (χ3v) is 15.0. The van der Waals surface area contributed by atoms with Gasteiger partial charge in [0.25, 0.3) is 0 Å². The summed E-state index contributed by atoms with van der Waals surface area (Å²) in [7, 11) is 0. The summed E-state index contributed by atoms with van der Waals surface area (Å²) in [5.74, 6) is 0. The highest BCUT2D eigenvalue weighted by molar-refractivity contribution is 6.23. The van der Waals surface area contributed by atoms with Crippen LogP contribution in [0.3, 0.4) is 0 Å². The molecule has 1 aliphatic carbocycles. The maximum absolute atomic E-state index is 4.61. The number of anilines is 6. The van der Waals surface area contributed by atoms with Gasteiger partial charge in [0.1, 0.15) is 0 Å². The molecule has 2 aliphatic heterocycles. The number of nitrogens with zero attached hydrogens (tertiary/aromatic N) is 4. The quantitative estimate of drug-likeness (QED) is 0.173. The first-order valence-corrected chi connectivity index (χ1v) is 22.5. The van der Waals surface area contributed by atoms with Crippen molar-refractivity contribution in [1.82, 2.24) is 9.38 Å². The van der Waals surface area contributed by atoms with Gasteiger partial charge in [-0.05, 0) is 105 Å². The van der Waals surface area contributed by atoms with Gasteiger partial charge >= 0.3 is 0 Å². The Morgan fingerprint density at radius 3 is 1.23 bits per heavy atom. The molecule has 12 aromatic rings. The van der Waals surface area contributed by atoms with Crippen LogP contribution in [0.25, 0.3) is 38.1 Å². The van der Waals surface area contributed by atoms with Crippen molar-refractivity contribution in [1.29, 1.82) is 0 Å². The van der Waals surface area contributed by atoms with Crippen molar-refractivity contribution in [2.75, 3.05) is 9.80 Å². The van der Waals surface area contributed by atoms with Crippen LogP contribution in [0, 0.1) is 0 Å². The monoisotopic (exact) mass is 826 g/mol. The molecular weight excluding hydrogens is 789 g/mol. The van der Waals surface area contributed by atoms with E-state index in [0.29, 0.717) is 0 Å². The van der Waals surface area contributed by atoms with Crippen LogP contribution < -0.4 is 9.80 Å². The third-order valence-electron chi connectivity index (χ3n) is 15.0. The molecule has 0 bridgehead atoms. The van der Waals surface area contributed by atoms with Crippen LogP contribution in [-0.4, -0.2) is 9.38 Å². The minimum atomic E-state index is -0.647. The van der Waals surface area contributed by atoms with Crippen molar-refractivity contribution in [3.8, 4) is 0 Å². The van der Waals surface area contributed by atoms with Crippen LogP contribution in [0.15, 0.2) is 231 Å². The Morgan fingerprint density at radius 2 is 0.723 bits per heavy atom. The maximum atomic E-state index is 4.61. The number of rotatable bonds is 2. The summed E-state index contributed by atoms with van der Waals surface area (Å²) < 4.78 is 2.47. The minimum absolute atomic E-state index is 0.632. The van der Waals surface area contributed by atoms with Crippen LogP contribution in [-0.2, 0) is 10.8 Å². The third kappa shape index (κ3) is 4.16. The Kier molecular flexibility index (Phi) is 6.79. The fraction of sp³-hybridized carbons (Fsp3) is 0.0328. The lowest BCUT2D eigenvalue weighted by Gasteiger charge is -2.56. The second-order valence-electron chi connectivity index (χ2n) is 17.8. The topological polar surface area (TPSA) is 23.8 Å². The first-order valence-electron chi connectivity index (χ1n) is 22.5. The molecule has 4 heteroatoms. The molecule has 0 saturated heterocycles. The van der Waals surface area contributed by atoms with E-state index in [0.717, 1.165) is 22.7 Å². The molecule has 5 heterocycles. The molecule has 2 spiro atoms. The normalized spacial score (nSPS) is 15.0. The molecule has 0 amide bonds. The zero-order valence-corrected chi connectivity index (χ0v) is 35.2.